The Kier molecular flexibility index (Phi) is 5.96. The zero-order chi connectivity index (χ0) is 11.8. The second kappa shape index (κ2) is 7.30. The van der Waals surface area contributed by atoms with Gasteiger partial charge in [-0.15, -0.1) is 0 Å². The Hall–Kier alpha value is -1.00. The van der Waals surface area contributed by atoms with Crippen LogP contribution in [0.15, 0.2) is 12.4 Å². The highest BCUT2D eigenvalue weighted by molar-refractivity contribution is 5.01. The van der Waals surface area contributed by atoms with Gasteiger partial charge in [0.05, 0.1) is 24.6 Å². The highest BCUT2D eigenvalue weighted by Crippen LogP contribution is 2.03. The van der Waals surface area contributed by atoms with Crippen LogP contribution in [0.5, 0.6) is 0 Å². The quantitative estimate of drug-likeness (QED) is 0.764. The van der Waals surface area contributed by atoms with Crippen molar-refractivity contribution in [2.75, 3.05) is 26.3 Å². The molecular formula is C12H21N3O. The van der Waals surface area contributed by atoms with E-state index in [9.17, 15) is 0 Å². The van der Waals surface area contributed by atoms with Crippen LogP contribution >= 0.6 is 0 Å². The van der Waals surface area contributed by atoms with Crippen molar-refractivity contribution in [3.63, 3.8) is 0 Å². The third kappa shape index (κ3) is 4.24. The number of hydrogen-bond donors (Lipinski definition) is 0. The SMILES string of the molecule is CC.Cc1cncc(CN2CCOCC2)n1. The fourth-order valence-electron chi connectivity index (χ4n) is 1.58. The van der Waals surface area contributed by atoms with Gasteiger partial charge in [-0.2, -0.15) is 0 Å². The number of aryl methyl sites for hydroxylation is 1. The molecule has 1 aromatic heterocycles. The van der Waals surface area contributed by atoms with E-state index in [1.807, 2.05) is 27.0 Å². The summed E-state index contributed by atoms with van der Waals surface area (Å²) in [6, 6.07) is 0. The minimum absolute atomic E-state index is 0.833. The highest BCUT2D eigenvalue weighted by atomic mass is 16.5. The smallest absolute Gasteiger partial charge is 0.0730 e. The van der Waals surface area contributed by atoms with Crippen LogP contribution in [0.3, 0.4) is 0 Å². The van der Waals surface area contributed by atoms with E-state index >= 15 is 0 Å². The standard InChI is InChI=1S/C10H15N3O.C2H6/c1-9-6-11-7-10(12-9)8-13-2-4-14-5-3-13;1-2/h6-7H,2-5,8H2,1H3;1-2H3. The Morgan fingerprint density at radius 3 is 2.56 bits per heavy atom. The molecule has 16 heavy (non-hydrogen) atoms. The average Bonchev–Trinajstić information content (AvgIpc) is 2.33. The summed E-state index contributed by atoms with van der Waals surface area (Å²) in [4.78, 5) is 10.9. The van der Waals surface area contributed by atoms with Gasteiger partial charge < -0.3 is 4.74 Å². The molecule has 2 rings (SSSR count). The van der Waals surface area contributed by atoms with Crippen molar-refractivity contribution in [2.45, 2.75) is 27.3 Å². The number of rotatable bonds is 2. The minimum atomic E-state index is 0.833. The maximum Gasteiger partial charge on any atom is 0.0730 e. The number of ether oxygens (including phenoxy) is 1. The molecule has 4 nitrogen and oxygen atoms in total. The molecule has 0 unspecified atom stereocenters. The molecule has 0 atom stereocenters. The molecule has 1 saturated heterocycles. The fourth-order valence-corrected chi connectivity index (χ4v) is 1.58. The van der Waals surface area contributed by atoms with Gasteiger partial charge >= 0.3 is 0 Å². The van der Waals surface area contributed by atoms with Crippen LogP contribution in [0.2, 0.25) is 0 Å². The molecule has 0 spiro atoms. The first-order valence-corrected chi connectivity index (χ1v) is 5.92. The van der Waals surface area contributed by atoms with Crippen molar-refractivity contribution in [3.8, 4) is 0 Å². The number of hydrogen-bond acceptors (Lipinski definition) is 4. The molecule has 0 bridgehead atoms. The van der Waals surface area contributed by atoms with Crippen LogP contribution in [-0.4, -0.2) is 41.2 Å². The van der Waals surface area contributed by atoms with Gasteiger partial charge in [-0.05, 0) is 6.92 Å². The number of morpholine rings is 1. The lowest BCUT2D eigenvalue weighted by Gasteiger charge is -2.25. The molecule has 2 heterocycles. The molecule has 1 aliphatic heterocycles. The topological polar surface area (TPSA) is 38.2 Å². The summed E-state index contributed by atoms with van der Waals surface area (Å²) < 4.78 is 5.28. The lowest BCUT2D eigenvalue weighted by Crippen LogP contribution is -2.35. The maximum atomic E-state index is 5.28. The summed E-state index contributed by atoms with van der Waals surface area (Å²) in [5.41, 5.74) is 2.03. The van der Waals surface area contributed by atoms with E-state index in [2.05, 4.69) is 14.9 Å². The largest absolute Gasteiger partial charge is 0.379 e. The van der Waals surface area contributed by atoms with Crippen LogP contribution in [-0.2, 0) is 11.3 Å². The predicted octanol–water partition coefficient (Wildman–Crippen LogP) is 1.64. The second-order valence-electron chi connectivity index (χ2n) is 3.54. The molecule has 0 aliphatic carbocycles. The molecule has 1 fully saturated rings. The Bertz CT molecular complexity index is 298. The monoisotopic (exact) mass is 223 g/mol. The molecule has 1 aliphatic rings. The molecule has 90 valence electrons. The van der Waals surface area contributed by atoms with Crippen molar-refractivity contribution >= 4 is 0 Å². The molecule has 0 radical (unpaired) electrons. The van der Waals surface area contributed by atoms with Gasteiger partial charge in [-0.3, -0.25) is 14.9 Å². The third-order valence-electron chi connectivity index (χ3n) is 2.29. The van der Waals surface area contributed by atoms with Gasteiger partial charge in [0, 0.05) is 32.0 Å². The van der Waals surface area contributed by atoms with Gasteiger partial charge in [0.25, 0.3) is 0 Å². The molecular weight excluding hydrogens is 202 g/mol. The van der Waals surface area contributed by atoms with E-state index in [1.165, 1.54) is 0 Å². The summed E-state index contributed by atoms with van der Waals surface area (Å²) in [6.07, 6.45) is 3.62. The van der Waals surface area contributed by atoms with Crippen LogP contribution in [0.25, 0.3) is 0 Å². The van der Waals surface area contributed by atoms with E-state index in [0.717, 1.165) is 44.2 Å². The summed E-state index contributed by atoms with van der Waals surface area (Å²) in [5.74, 6) is 0. The van der Waals surface area contributed by atoms with Crippen molar-refractivity contribution in [1.29, 1.82) is 0 Å². The van der Waals surface area contributed by atoms with E-state index in [-0.39, 0.29) is 0 Å². The lowest BCUT2D eigenvalue weighted by atomic mass is 10.3. The van der Waals surface area contributed by atoms with Crippen molar-refractivity contribution in [3.05, 3.63) is 23.8 Å². The molecule has 4 heteroatoms. The predicted molar refractivity (Wildman–Crippen MR) is 64.2 cm³/mol. The van der Waals surface area contributed by atoms with Gasteiger partial charge in [-0.1, -0.05) is 13.8 Å². The van der Waals surface area contributed by atoms with Crippen molar-refractivity contribution in [1.82, 2.24) is 14.9 Å². The van der Waals surface area contributed by atoms with Gasteiger partial charge in [-0.25, -0.2) is 0 Å². The first kappa shape index (κ1) is 13.1. The second-order valence-corrected chi connectivity index (χ2v) is 3.54. The van der Waals surface area contributed by atoms with Gasteiger partial charge in [0.15, 0.2) is 0 Å². The number of aromatic nitrogens is 2. The maximum absolute atomic E-state index is 5.28. The summed E-state index contributed by atoms with van der Waals surface area (Å²) in [5, 5.41) is 0. The van der Waals surface area contributed by atoms with Crippen LogP contribution in [0, 0.1) is 6.92 Å². The van der Waals surface area contributed by atoms with E-state index in [4.69, 9.17) is 4.74 Å². The summed E-state index contributed by atoms with van der Waals surface area (Å²) in [6.45, 7) is 10.5. The lowest BCUT2D eigenvalue weighted by molar-refractivity contribution is 0.0336. The Balaban J connectivity index is 0.000000606. The molecule has 1 aromatic rings. The molecule has 0 saturated carbocycles. The van der Waals surface area contributed by atoms with Crippen molar-refractivity contribution in [2.24, 2.45) is 0 Å². The Morgan fingerprint density at radius 1 is 1.25 bits per heavy atom. The first-order chi connectivity index (χ1) is 7.84. The summed E-state index contributed by atoms with van der Waals surface area (Å²) in [7, 11) is 0. The molecule has 0 aromatic carbocycles. The zero-order valence-electron chi connectivity index (χ0n) is 10.4. The van der Waals surface area contributed by atoms with E-state index in [1.54, 1.807) is 6.20 Å². The molecule has 0 amide bonds. The molecule has 0 N–H and O–H groups in total. The Labute approximate surface area is 97.7 Å². The van der Waals surface area contributed by atoms with E-state index in [0.29, 0.717) is 0 Å². The minimum Gasteiger partial charge on any atom is -0.379 e. The first-order valence-electron chi connectivity index (χ1n) is 5.92. The summed E-state index contributed by atoms with van der Waals surface area (Å²) >= 11 is 0. The van der Waals surface area contributed by atoms with E-state index < -0.39 is 0 Å². The average molecular weight is 223 g/mol. The third-order valence-corrected chi connectivity index (χ3v) is 2.29. The number of nitrogens with zero attached hydrogens (tertiary/aromatic N) is 3. The van der Waals surface area contributed by atoms with Crippen molar-refractivity contribution < 1.29 is 4.74 Å². The van der Waals surface area contributed by atoms with Crippen LogP contribution in [0.4, 0.5) is 0 Å². The fraction of sp³-hybridized carbons (Fsp3) is 0.667. The normalized spacial score (nSPS) is 16.4. The zero-order valence-corrected chi connectivity index (χ0v) is 10.4. The van der Waals surface area contributed by atoms with Gasteiger partial charge in [0.2, 0.25) is 0 Å². The van der Waals surface area contributed by atoms with Crippen LogP contribution < -0.4 is 0 Å². The van der Waals surface area contributed by atoms with Gasteiger partial charge in [0.1, 0.15) is 0 Å². The Morgan fingerprint density at radius 2 is 1.94 bits per heavy atom. The van der Waals surface area contributed by atoms with Crippen LogP contribution in [0.1, 0.15) is 25.2 Å². The highest BCUT2D eigenvalue weighted by Gasteiger charge is 2.11.